The molecule has 1 fully saturated rings. The van der Waals surface area contributed by atoms with Gasteiger partial charge < -0.3 is 10.2 Å². The Hall–Kier alpha value is -2.25. The van der Waals surface area contributed by atoms with Crippen LogP contribution in [0.15, 0.2) is 36.8 Å². The summed E-state index contributed by atoms with van der Waals surface area (Å²) in [7, 11) is 0. The van der Waals surface area contributed by atoms with E-state index in [4.69, 9.17) is 0 Å². The summed E-state index contributed by atoms with van der Waals surface area (Å²) in [5, 5.41) is 9.55. The number of hydrogen-bond donors (Lipinski definition) is 1. The zero-order valence-corrected chi connectivity index (χ0v) is 16.2. The highest BCUT2D eigenvalue weighted by Gasteiger charge is 2.25. The standard InChI is InChI=1S/C20H24N6S/c1-2-9-21-19(8-1)26-18-7-5-6-17(16(18)14-24-26)22-12-15-13-23-20(27-15)25-10-3-4-11-25/h1-2,8-9,13-14,17,22H,3-7,10-12H2. The van der Waals surface area contributed by atoms with Crippen LogP contribution in [0.4, 0.5) is 5.13 Å². The van der Waals surface area contributed by atoms with Crippen molar-refractivity contribution in [3.8, 4) is 5.82 Å². The molecule has 0 spiro atoms. The summed E-state index contributed by atoms with van der Waals surface area (Å²) in [6.45, 7) is 3.17. The molecule has 1 unspecified atom stereocenters. The second kappa shape index (κ2) is 7.40. The first-order chi connectivity index (χ1) is 13.4. The number of anilines is 1. The van der Waals surface area contributed by atoms with Crippen molar-refractivity contribution in [3.05, 3.63) is 52.9 Å². The molecule has 5 rings (SSSR count). The average molecular weight is 381 g/mol. The van der Waals surface area contributed by atoms with E-state index in [2.05, 4.69) is 25.3 Å². The first-order valence-corrected chi connectivity index (χ1v) is 10.6. The number of nitrogens with one attached hydrogen (secondary N) is 1. The van der Waals surface area contributed by atoms with Crippen LogP contribution in [-0.4, -0.2) is 32.8 Å². The molecule has 3 aromatic heterocycles. The summed E-state index contributed by atoms with van der Waals surface area (Å²) < 4.78 is 2.00. The van der Waals surface area contributed by atoms with E-state index in [9.17, 15) is 0 Å². The third kappa shape index (κ3) is 3.37. The van der Waals surface area contributed by atoms with E-state index in [1.54, 1.807) is 0 Å². The lowest BCUT2D eigenvalue weighted by molar-refractivity contribution is 0.456. The Kier molecular flexibility index (Phi) is 4.63. The van der Waals surface area contributed by atoms with Gasteiger partial charge in [0, 0.05) is 48.5 Å². The normalized spacial score (nSPS) is 19.4. The van der Waals surface area contributed by atoms with E-state index in [0.29, 0.717) is 6.04 Å². The lowest BCUT2D eigenvalue weighted by Crippen LogP contribution is -2.24. The largest absolute Gasteiger partial charge is 0.348 e. The predicted octanol–water partition coefficient (Wildman–Crippen LogP) is 3.49. The van der Waals surface area contributed by atoms with Gasteiger partial charge in [0.15, 0.2) is 10.9 Å². The molecule has 1 atom stereocenters. The summed E-state index contributed by atoms with van der Waals surface area (Å²) in [6.07, 6.45) is 11.8. The number of thiazole rings is 1. The molecule has 0 saturated carbocycles. The van der Waals surface area contributed by atoms with Crippen LogP contribution in [-0.2, 0) is 13.0 Å². The monoisotopic (exact) mass is 380 g/mol. The molecule has 1 aliphatic heterocycles. The fraction of sp³-hybridized carbons (Fsp3) is 0.450. The summed E-state index contributed by atoms with van der Waals surface area (Å²) in [5.41, 5.74) is 2.61. The molecule has 4 heterocycles. The van der Waals surface area contributed by atoms with Crippen molar-refractivity contribution in [3.63, 3.8) is 0 Å². The second-order valence-corrected chi connectivity index (χ2v) is 8.37. The topological polar surface area (TPSA) is 58.9 Å². The average Bonchev–Trinajstić information content (AvgIpc) is 3.47. The Balaban J connectivity index is 1.30. The van der Waals surface area contributed by atoms with E-state index >= 15 is 0 Å². The summed E-state index contributed by atoms with van der Waals surface area (Å²) in [5.74, 6) is 0.900. The third-order valence-electron chi connectivity index (χ3n) is 5.49. The van der Waals surface area contributed by atoms with Crippen LogP contribution in [0.25, 0.3) is 5.82 Å². The van der Waals surface area contributed by atoms with Crippen LogP contribution >= 0.6 is 11.3 Å². The molecule has 0 bridgehead atoms. The number of aromatic nitrogens is 4. The maximum Gasteiger partial charge on any atom is 0.185 e. The quantitative estimate of drug-likeness (QED) is 0.734. The van der Waals surface area contributed by atoms with Crippen LogP contribution in [0.5, 0.6) is 0 Å². The van der Waals surface area contributed by atoms with Gasteiger partial charge in [-0.3, -0.25) is 0 Å². The Bertz CT molecular complexity index is 896. The molecule has 0 aromatic carbocycles. The summed E-state index contributed by atoms with van der Waals surface area (Å²) >= 11 is 1.82. The Labute approximate surface area is 163 Å². The Morgan fingerprint density at radius 1 is 1.11 bits per heavy atom. The van der Waals surface area contributed by atoms with Crippen LogP contribution < -0.4 is 10.2 Å². The smallest absolute Gasteiger partial charge is 0.185 e. The molecule has 1 aliphatic carbocycles. The molecule has 7 heteroatoms. The van der Waals surface area contributed by atoms with Gasteiger partial charge in [-0.15, -0.1) is 11.3 Å². The van der Waals surface area contributed by atoms with E-state index in [1.165, 1.54) is 40.5 Å². The van der Waals surface area contributed by atoms with Gasteiger partial charge in [-0.1, -0.05) is 6.07 Å². The van der Waals surface area contributed by atoms with E-state index < -0.39 is 0 Å². The van der Waals surface area contributed by atoms with Crippen molar-refractivity contribution in [2.45, 2.75) is 44.7 Å². The summed E-state index contributed by atoms with van der Waals surface area (Å²) in [4.78, 5) is 12.8. The highest BCUT2D eigenvalue weighted by Crippen LogP contribution is 2.32. The number of rotatable bonds is 5. The van der Waals surface area contributed by atoms with E-state index in [0.717, 1.165) is 38.3 Å². The van der Waals surface area contributed by atoms with Crippen LogP contribution in [0, 0.1) is 0 Å². The third-order valence-corrected chi connectivity index (χ3v) is 6.55. The van der Waals surface area contributed by atoms with Crippen LogP contribution in [0.2, 0.25) is 0 Å². The molecule has 0 amide bonds. The predicted molar refractivity (Wildman–Crippen MR) is 107 cm³/mol. The van der Waals surface area contributed by atoms with Crippen molar-refractivity contribution < 1.29 is 0 Å². The minimum absolute atomic E-state index is 0.351. The van der Waals surface area contributed by atoms with Gasteiger partial charge in [-0.25, -0.2) is 14.6 Å². The second-order valence-electron chi connectivity index (χ2n) is 7.28. The molecule has 27 heavy (non-hydrogen) atoms. The number of pyridine rings is 1. The minimum Gasteiger partial charge on any atom is -0.348 e. The van der Waals surface area contributed by atoms with Crippen LogP contribution in [0.1, 0.15) is 47.9 Å². The van der Waals surface area contributed by atoms with Crippen molar-refractivity contribution in [1.82, 2.24) is 25.1 Å². The molecule has 2 aliphatic rings. The highest BCUT2D eigenvalue weighted by molar-refractivity contribution is 7.15. The Morgan fingerprint density at radius 2 is 2.04 bits per heavy atom. The van der Waals surface area contributed by atoms with Crippen molar-refractivity contribution in [2.24, 2.45) is 0 Å². The lowest BCUT2D eigenvalue weighted by atomic mass is 9.93. The van der Waals surface area contributed by atoms with E-state index in [-0.39, 0.29) is 0 Å². The molecule has 6 nitrogen and oxygen atoms in total. The zero-order valence-electron chi connectivity index (χ0n) is 15.3. The van der Waals surface area contributed by atoms with Crippen molar-refractivity contribution in [2.75, 3.05) is 18.0 Å². The van der Waals surface area contributed by atoms with Gasteiger partial charge in [-0.05, 0) is 44.2 Å². The highest BCUT2D eigenvalue weighted by atomic mass is 32.1. The van der Waals surface area contributed by atoms with Gasteiger partial charge in [-0.2, -0.15) is 5.10 Å². The molecular formula is C20H24N6S. The summed E-state index contributed by atoms with van der Waals surface area (Å²) in [6, 6.07) is 6.32. The van der Waals surface area contributed by atoms with Gasteiger partial charge in [0.05, 0.1) is 11.9 Å². The fourth-order valence-corrected chi connectivity index (χ4v) is 5.02. The SMILES string of the molecule is c1ccc(-n2ncc3c2CCCC3NCc2cnc(N3CCCC3)s2)nc1. The maximum absolute atomic E-state index is 4.63. The molecule has 3 aromatic rings. The van der Waals surface area contributed by atoms with E-state index in [1.807, 2.05) is 52.8 Å². The van der Waals surface area contributed by atoms with Gasteiger partial charge >= 0.3 is 0 Å². The van der Waals surface area contributed by atoms with Crippen molar-refractivity contribution in [1.29, 1.82) is 0 Å². The fourth-order valence-electron chi connectivity index (χ4n) is 4.10. The van der Waals surface area contributed by atoms with Crippen molar-refractivity contribution >= 4 is 16.5 Å². The molecular weight excluding hydrogens is 356 g/mol. The van der Waals surface area contributed by atoms with Gasteiger partial charge in [0.25, 0.3) is 0 Å². The minimum atomic E-state index is 0.351. The lowest BCUT2D eigenvalue weighted by Gasteiger charge is -2.24. The number of hydrogen-bond acceptors (Lipinski definition) is 6. The number of fused-ring (bicyclic) bond motifs is 1. The molecule has 0 radical (unpaired) electrons. The first-order valence-electron chi connectivity index (χ1n) is 9.80. The molecule has 1 N–H and O–H groups in total. The Morgan fingerprint density at radius 3 is 2.89 bits per heavy atom. The molecule has 1 saturated heterocycles. The van der Waals surface area contributed by atoms with Gasteiger partial charge in [0.1, 0.15) is 0 Å². The maximum atomic E-state index is 4.63. The van der Waals surface area contributed by atoms with Gasteiger partial charge in [0.2, 0.25) is 0 Å². The number of nitrogens with zero attached hydrogens (tertiary/aromatic N) is 5. The molecule has 140 valence electrons. The zero-order chi connectivity index (χ0) is 18.1. The first kappa shape index (κ1) is 16.9. The van der Waals surface area contributed by atoms with Crippen LogP contribution in [0.3, 0.4) is 0 Å².